The summed E-state index contributed by atoms with van der Waals surface area (Å²) in [4.78, 5) is 0.0879. The molecule has 6 heteroatoms. The predicted molar refractivity (Wildman–Crippen MR) is 77.6 cm³/mol. The number of hydrogen-bond donors (Lipinski definition) is 2. The highest BCUT2D eigenvalue weighted by atomic mass is 35.5. The van der Waals surface area contributed by atoms with Gasteiger partial charge in [-0.2, -0.15) is 0 Å². The Morgan fingerprint density at radius 1 is 1.37 bits per heavy atom. The average molecular weight is 303 g/mol. The second-order valence-corrected chi connectivity index (χ2v) is 7.67. The molecular formula is C13H19ClN2O2S. The van der Waals surface area contributed by atoms with Gasteiger partial charge in [-0.05, 0) is 36.5 Å². The first-order valence-corrected chi connectivity index (χ1v) is 8.23. The molecule has 1 aromatic rings. The van der Waals surface area contributed by atoms with Crippen LogP contribution in [0.4, 0.5) is 5.69 Å². The quantitative estimate of drug-likeness (QED) is 0.840. The standard InChI is InChI=1S/C13H19ClN2O2S/c1-13(6-2-3-7-13)9-16-19(17,18)12-5-4-10(15)8-11(12)14/h4-5,8,16H,2-3,6-7,9,15H2,1H3. The van der Waals surface area contributed by atoms with Gasteiger partial charge in [0.1, 0.15) is 4.90 Å². The van der Waals surface area contributed by atoms with Gasteiger partial charge in [-0.15, -0.1) is 0 Å². The van der Waals surface area contributed by atoms with Gasteiger partial charge < -0.3 is 5.73 Å². The zero-order valence-corrected chi connectivity index (χ0v) is 12.5. The predicted octanol–water partition coefficient (Wildman–Crippen LogP) is 2.78. The van der Waals surface area contributed by atoms with Crippen LogP contribution in [0, 0.1) is 5.41 Å². The molecule has 1 aliphatic carbocycles. The molecule has 1 fully saturated rings. The fourth-order valence-corrected chi connectivity index (χ4v) is 4.24. The molecule has 0 radical (unpaired) electrons. The fourth-order valence-electron chi connectivity index (χ4n) is 2.49. The number of nitrogens with two attached hydrogens (primary N) is 1. The van der Waals surface area contributed by atoms with E-state index < -0.39 is 10.0 Å². The number of sulfonamides is 1. The number of halogens is 1. The van der Waals surface area contributed by atoms with Crippen LogP contribution in [0.25, 0.3) is 0 Å². The van der Waals surface area contributed by atoms with Crippen molar-refractivity contribution in [3.63, 3.8) is 0 Å². The number of hydrogen-bond acceptors (Lipinski definition) is 3. The third-order valence-electron chi connectivity index (χ3n) is 3.75. The maximum absolute atomic E-state index is 12.2. The minimum absolute atomic E-state index is 0.0629. The van der Waals surface area contributed by atoms with E-state index >= 15 is 0 Å². The Kier molecular flexibility index (Phi) is 4.08. The van der Waals surface area contributed by atoms with Crippen molar-refractivity contribution in [1.82, 2.24) is 4.72 Å². The molecule has 0 aromatic heterocycles. The first kappa shape index (κ1) is 14.6. The monoisotopic (exact) mass is 302 g/mol. The van der Waals surface area contributed by atoms with Crippen LogP contribution in [0.3, 0.4) is 0 Å². The average Bonchev–Trinajstić information content (AvgIpc) is 2.74. The lowest BCUT2D eigenvalue weighted by Crippen LogP contribution is -2.34. The molecule has 0 heterocycles. The molecule has 0 atom stereocenters. The van der Waals surface area contributed by atoms with Gasteiger partial charge in [-0.1, -0.05) is 31.4 Å². The van der Waals surface area contributed by atoms with E-state index in [0.717, 1.165) is 12.8 Å². The molecule has 0 aliphatic heterocycles. The van der Waals surface area contributed by atoms with Crippen LogP contribution in [0.2, 0.25) is 5.02 Å². The van der Waals surface area contributed by atoms with Crippen molar-refractivity contribution in [1.29, 1.82) is 0 Å². The van der Waals surface area contributed by atoms with E-state index in [4.69, 9.17) is 17.3 Å². The Bertz CT molecular complexity index is 566. The van der Waals surface area contributed by atoms with E-state index in [9.17, 15) is 8.42 Å². The Hall–Kier alpha value is -0.780. The molecule has 0 amide bonds. The Morgan fingerprint density at radius 3 is 2.58 bits per heavy atom. The van der Waals surface area contributed by atoms with Gasteiger partial charge in [0.05, 0.1) is 5.02 Å². The number of anilines is 1. The van der Waals surface area contributed by atoms with Gasteiger partial charge in [0.25, 0.3) is 0 Å². The summed E-state index contributed by atoms with van der Waals surface area (Å²) < 4.78 is 27.1. The molecule has 0 spiro atoms. The maximum atomic E-state index is 12.2. The number of rotatable bonds is 4. The zero-order chi connectivity index (χ0) is 14.1. The fraction of sp³-hybridized carbons (Fsp3) is 0.538. The summed E-state index contributed by atoms with van der Waals surface area (Å²) >= 11 is 5.94. The molecule has 2 rings (SSSR count). The summed E-state index contributed by atoms with van der Waals surface area (Å²) in [6.07, 6.45) is 4.46. The zero-order valence-electron chi connectivity index (χ0n) is 10.9. The highest BCUT2D eigenvalue weighted by molar-refractivity contribution is 7.89. The van der Waals surface area contributed by atoms with Gasteiger partial charge in [-0.3, -0.25) is 0 Å². The third kappa shape index (κ3) is 3.41. The van der Waals surface area contributed by atoms with Gasteiger partial charge in [0, 0.05) is 12.2 Å². The van der Waals surface area contributed by atoms with Crippen LogP contribution >= 0.6 is 11.6 Å². The first-order valence-electron chi connectivity index (χ1n) is 6.37. The summed E-state index contributed by atoms with van der Waals surface area (Å²) in [5.74, 6) is 0. The highest BCUT2D eigenvalue weighted by Crippen LogP contribution is 2.37. The van der Waals surface area contributed by atoms with Crippen molar-refractivity contribution in [2.24, 2.45) is 5.41 Å². The second-order valence-electron chi connectivity index (χ2n) is 5.53. The van der Waals surface area contributed by atoms with Gasteiger partial charge in [0.15, 0.2) is 0 Å². The van der Waals surface area contributed by atoms with Crippen molar-refractivity contribution in [2.75, 3.05) is 12.3 Å². The lowest BCUT2D eigenvalue weighted by atomic mass is 9.89. The minimum atomic E-state index is -3.57. The Morgan fingerprint density at radius 2 is 2.00 bits per heavy atom. The summed E-state index contributed by atoms with van der Waals surface area (Å²) in [5.41, 5.74) is 6.08. The number of benzene rings is 1. The van der Waals surface area contributed by atoms with E-state index in [2.05, 4.69) is 11.6 Å². The minimum Gasteiger partial charge on any atom is -0.399 e. The molecule has 1 aliphatic rings. The van der Waals surface area contributed by atoms with Crippen LogP contribution < -0.4 is 10.5 Å². The summed E-state index contributed by atoms with van der Waals surface area (Å²) in [6.45, 7) is 2.57. The summed E-state index contributed by atoms with van der Waals surface area (Å²) in [6, 6.07) is 4.43. The molecule has 106 valence electrons. The van der Waals surface area contributed by atoms with Crippen molar-refractivity contribution in [3.8, 4) is 0 Å². The van der Waals surface area contributed by atoms with E-state index in [0.29, 0.717) is 12.2 Å². The van der Waals surface area contributed by atoms with Crippen molar-refractivity contribution in [2.45, 2.75) is 37.5 Å². The van der Waals surface area contributed by atoms with E-state index in [1.807, 2.05) is 0 Å². The molecule has 0 unspecified atom stereocenters. The van der Waals surface area contributed by atoms with Crippen LogP contribution in [0.1, 0.15) is 32.6 Å². The Balaban J connectivity index is 2.14. The lowest BCUT2D eigenvalue weighted by Gasteiger charge is -2.23. The van der Waals surface area contributed by atoms with E-state index in [-0.39, 0.29) is 15.3 Å². The summed E-state index contributed by atoms with van der Waals surface area (Å²) in [7, 11) is -3.57. The Labute approximate surface area is 119 Å². The first-order chi connectivity index (χ1) is 8.82. The molecule has 1 aromatic carbocycles. The largest absolute Gasteiger partial charge is 0.399 e. The van der Waals surface area contributed by atoms with Crippen molar-refractivity contribution < 1.29 is 8.42 Å². The smallest absolute Gasteiger partial charge is 0.242 e. The maximum Gasteiger partial charge on any atom is 0.242 e. The van der Waals surface area contributed by atoms with Crippen LogP contribution in [0.15, 0.2) is 23.1 Å². The van der Waals surface area contributed by atoms with Gasteiger partial charge in [-0.25, -0.2) is 13.1 Å². The van der Waals surface area contributed by atoms with E-state index in [1.54, 1.807) is 0 Å². The molecule has 3 N–H and O–H groups in total. The summed E-state index contributed by atoms with van der Waals surface area (Å²) in [5, 5.41) is 0.157. The number of nitrogen functional groups attached to an aromatic ring is 1. The molecule has 0 saturated heterocycles. The molecule has 1 saturated carbocycles. The van der Waals surface area contributed by atoms with Crippen molar-refractivity contribution in [3.05, 3.63) is 23.2 Å². The molecule has 0 bridgehead atoms. The van der Waals surface area contributed by atoms with Crippen LogP contribution in [-0.2, 0) is 10.0 Å². The molecule has 19 heavy (non-hydrogen) atoms. The van der Waals surface area contributed by atoms with Gasteiger partial charge >= 0.3 is 0 Å². The normalized spacial score (nSPS) is 18.6. The number of nitrogens with one attached hydrogen (secondary N) is 1. The SMILES string of the molecule is CC1(CNS(=O)(=O)c2ccc(N)cc2Cl)CCCC1. The van der Waals surface area contributed by atoms with Crippen molar-refractivity contribution >= 4 is 27.3 Å². The van der Waals surface area contributed by atoms with Crippen LogP contribution in [-0.4, -0.2) is 15.0 Å². The molecular weight excluding hydrogens is 284 g/mol. The topological polar surface area (TPSA) is 72.2 Å². The highest BCUT2D eigenvalue weighted by Gasteiger charge is 2.30. The van der Waals surface area contributed by atoms with Gasteiger partial charge in [0.2, 0.25) is 10.0 Å². The van der Waals surface area contributed by atoms with E-state index in [1.165, 1.54) is 31.0 Å². The second kappa shape index (κ2) is 5.31. The lowest BCUT2D eigenvalue weighted by molar-refractivity contribution is 0.336. The van der Waals surface area contributed by atoms with Crippen LogP contribution in [0.5, 0.6) is 0 Å². The molecule has 4 nitrogen and oxygen atoms in total. The third-order valence-corrected chi connectivity index (χ3v) is 5.63.